The molecule has 22 heavy (non-hydrogen) atoms. The molecule has 0 N–H and O–H groups in total. The third-order valence-corrected chi connectivity index (χ3v) is 4.08. The summed E-state index contributed by atoms with van der Waals surface area (Å²) >= 11 is 1.61. The van der Waals surface area contributed by atoms with Gasteiger partial charge in [-0.1, -0.05) is 42.5 Å². The van der Waals surface area contributed by atoms with Crippen molar-refractivity contribution in [3.63, 3.8) is 0 Å². The molecule has 0 aliphatic heterocycles. The Labute approximate surface area is 133 Å². The molecule has 0 radical (unpaired) electrons. The lowest BCUT2D eigenvalue weighted by Crippen LogP contribution is -1.96. The summed E-state index contributed by atoms with van der Waals surface area (Å²) in [6, 6.07) is 19.9. The average molecular weight is 306 g/mol. The zero-order valence-electron chi connectivity index (χ0n) is 11.9. The van der Waals surface area contributed by atoms with Crippen LogP contribution in [0.3, 0.4) is 0 Å². The van der Waals surface area contributed by atoms with Crippen molar-refractivity contribution in [1.82, 2.24) is 4.98 Å². The van der Waals surface area contributed by atoms with E-state index in [4.69, 9.17) is 10.00 Å². The average Bonchev–Trinajstić information content (AvgIpc) is 3.04. The van der Waals surface area contributed by atoms with E-state index in [0.29, 0.717) is 13.0 Å². The Morgan fingerprint density at radius 3 is 2.77 bits per heavy atom. The van der Waals surface area contributed by atoms with Gasteiger partial charge in [0.2, 0.25) is 0 Å². The number of nitriles is 1. The summed E-state index contributed by atoms with van der Waals surface area (Å²) < 4.78 is 5.76. The van der Waals surface area contributed by atoms with E-state index < -0.39 is 0 Å². The zero-order valence-corrected chi connectivity index (χ0v) is 12.7. The van der Waals surface area contributed by atoms with Gasteiger partial charge in [0.15, 0.2) is 0 Å². The fourth-order valence-corrected chi connectivity index (χ4v) is 2.89. The summed E-state index contributed by atoms with van der Waals surface area (Å²) in [7, 11) is 0. The number of thiazole rings is 1. The van der Waals surface area contributed by atoms with Gasteiger partial charge in [-0.05, 0) is 17.7 Å². The predicted octanol–water partition coefficient (Wildman–Crippen LogP) is 4.46. The summed E-state index contributed by atoms with van der Waals surface area (Å²) in [6.07, 6.45) is 0.395. The third kappa shape index (κ3) is 3.51. The maximum absolute atomic E-state index is 8.73. The molecule has 0 amide bonds. The highest BCUT2D eigenvalue weighted by atomic mass is 32.1. The van der Waals surface area contributed by atoms with E-state index in [0.717, 1.165) is 27.6 Å². The normalized spacial score (nSPS) is 10.1. The molecule has 1 aromatic heterocycles. The van der Waals surface area contributed by atoms with Crippen molar-refractivity contribution >= 4 is 11.3 Å². The summed E-state index contributed by atoms with van der Waals surface area (Å²) in [5, 5.41) is 11.7. The first-order valence-electron chi connectivity index (χ1n) is 6.93. The SMILES string of the molecule is N#CCc1cccc(OCc2csc(-c3ccccc3)n2)c1. The van der Waals surface area contributed by atoms with Crippen molar-refractivity contribution in [2.75, 3.05) is 0 Å². The van der Waals surface area contributed by atoms with Crippen LogP contribution in [0.15, 0.2) is 60.0 Å². The van der Waals surface area contributed by atoms with E-state index >= 15 is 0 Å². The molecule has 0 unspecified atom stereocenters. The first-order valence-corrected chi connectivity index (χ1v) is 7.81. The van der Waals surface area contributed by atoms with Crippen LogP contribution in [-0.4, -0.2) is 4.98 Å². The van der Waals surface area contributed by atoms with Crippen LogP contribution < -0.4 is 4.74 Å². The first-order chi connectivity index (χ1) is 10.8. The standard InChI is InChI=1S/C18H14N2OS/c19-10-9-14-5-4-8-17(11-14)21-12-16-13-22-18(20-16)15-6-2-1-3-7-15/h1-8,11,13H,9,12H2. The summed E-state index contributed by atoms with van der Waals surface area (Å²) in [6.45, 7) is 0.430. The van der Waals surface area contributed by atoms with Crippen molar-refractivity contribution in [2.24, 2.45) is 0 Å². The van der Waals surface area contributed by atoms with E-state index in [1.807, 2.05) is 47.8 Å². The van der Waals surface area contributed by atoms with E-state index in [9.17, 15) is 0 Å². The van der Waals surface area contributed by atoms with Gasteiger partial charge in [0.05, 0.1) is 18.2 Å². The highest BCUT2D eigenvalue weighted by Gasteiger charge is 2.05. The Bertz CT molecular complexity index is 790. The Morgan fingerprint density at radius 2 is 1.95 bits per heavy atom. The van der Waals surface area contributed by atoms with Gasteiger partial charge in [0.1, 0.15) is 17.4 Å². The van der Waals surface area contributed by atoms with Crippen molar-refractivity contribution < 1.29 is 4.74 Å². The van der Waals surface area contributed by atoms with E-state index in [1.54, 1.807) is 11.3 Å². The van der Waals surface area contributed by atoms with Crippen LogP contribution in [0.4, 0.5) is 0 Å². The Balaban J connectivity index is 1.66. The smallest absolute Gasteiger partial charge is 0.131 e. The van der Waals surface area contributed by atoms with Gasteiger partial charge in [0.25, 0.3) is 0 Å². The second-order valence-electron chi connectivity index (χ2n) is 4.78. The van der Waals surface area contributed by atoms with E-state index in [-0.39, 0.29) is 0 Å². The van der Waals surface area contributed by atoms with Crippen LogP contribution in [-0.2, 0) is 13.0 Å². The quantitative estimate of drug-likeness (QED) is 0.699. The van der Waals surface area contributed by atoms with Crippen LogP contribution in [0, 0.1) is 11.3 Å². The maximum atomic E-state index is 8.73. The number of benzene rings is 2. The van der Waals surface area contributed by atoms with Gasteiger partial charge in [-0.15, -0.1) is 11.3 Å². The number of aromatic nitrogens is 1. The first kappa shape index (κ1) is 14.3. The highest BCUT2D eigenvalue weighted by molar-refractivity contribution is 7.13. The van der Waals surface area contributed by atoms with E-state index in [1.165, 1.54) is 0 Å². The zero-order chi connectivity index (χ0) is 15.2. The lowest BCUT2D eigenvalue weighted by atomic mass is 10.1. The van der Waals surface area contributed by atoms with Crippen molar-refractivity contribution in [2.45, 2.75) is 13.0 Å². The molecule has 0 aliphatic carbocycles. The number of rotatable bonds is 5. The van der Waals surface area contributed by atoms with Crippen molar-refractivity contribution in [3.8, 4) is 22.4 Å². The molecule has 3 aromatic rings. The minimum Gasteiger partial charge on any atom is -0.487 e. The molecule has 0 atom stereocenters. The largest absolute Gasteiger partial charge is 0.487 e. The molecule has 3 rings (SSSR count). The highest BCUT2D eigenvalue weighted by Crippen LogP contribution is 2.24. The molecule has 0 saturated carbocycles. The minimum absolute atomic E-state index is 0.395. The van der Waals surface area contributed by atoms with Gasteiger partial charge in [-0.3, -0.25) is 0 Å². The van der Waals surface area contributed by atoms with E-state index in [2.05, 4.69) is 23.2 Å². The second kappa shape index (κ2) is 6.88. The molecule has 0 bridgehead atoms. The molecular weight excluding hydrogens is 292 g/mol. The summed E-state index contributed by atoms with van der Waals surface area (Å²) in [4.78, 5) is 4.60. The van der Waals surface area contributed by atoms with Gasteiger partial charge in [0, 0.05) is 10.9 Å². The second-order valence-corrected chi connectivity index (χ2v) is 5.64. The fraction of sp³-hybridized carbons (Fsp3) is 0.111. The summed E-state index contributed by atoms with van der Waals surface area (Å²) in [5.74, 6) is 0.766. The Morgan fingerprint density at radius 1 is 1.09 bits per heavy atom. The molecule has 2 aromatic carbocycles. The van der Waals surface area contributed by atoms with Gasteiger partial charge >= 0.3 is 0 Å². The third-order valence-electron chi connectivity index (χ3n) is 3.14. The van der Waals surface area contributed by atoms with Crippen LogP contribution >= 0.6 is 11.3 Å². The lowest BCUT2D eigenvalue weighted by Gasteiger charge is -2.05. The molecule has 0 aliphatic rings. The predicted molar refractivity (Wildman–Crippen MR) is 87.6 cm³/mol. The van der Waals surface area contributed by atoms with Gasteiger partial charge < -0.3 is 4.74 Å². The van der Waals surface area contributed by atoms with Gasteiger partial charge in [-0.25, -0.2) is 4.98 Å². The molecule has 0 fully saturated rings. The summed E-state index contributed by atoms with van der Waals surface area (Å²) in [5.41, 5.74) is 2.99. The lowest BCUT2D eigenvalue weighted by molar-refractivity contribution is 0.302. The van der Waals surface area contributed by atoms with Crippen LogP contribution in [0.2, 0.25) is 0 Å². The van der Waals surface area contributed by atoms with Crippen LogP contribution in [0.1, 0.15) is 11.3 Å². The number of hydrogen-bond donors (Lipinski definition) is 0. The maximum Gasteiger partial charge on any atom is 0.131 e. The molecule has 0 spiro atoms. The minimum atomic E-state index is 0.395. The van der Waals surface area contributed by atoms with Gasteiger partial charge in [-0.2, -0.15) is 5.26 Å². The molecule has 3 nitrogen and oxygen atoms in total. The molecule has 0 saturated heterocycles. The molecule has 4 heteroatoms. The number of hydrogen-bond acceptors (Lipinski definition) is 4. The Hall–Kier alpha value is -2.64. The number of nitrogens with zero attached hydrogens (tertiary/aromatic N) is 2. The van der Waals surface area contributed by atoms with Crippen molar-refractivity contribution in [1.29, 1.82) is 5.26 Å². The molecular formula is C18H14N2OS. The van der Waals surface area contributed by atoms with Crippen LogP contribution in [0.25, 0.3) is 10.6 Å². The van der Waals surface area contributed by atoms with Crippen molar-refractivity contribution in [3.05, 3.63) is 71.2 Å². The number of ether oxygens (including phenoxy) is 1. The Kier molecular flexibility index (Phi) is 4.47. The molecule has 108 valence electrons. The fourth-order valence-electron chi connectivity index (χ4n) is 2.08. The molecule has 1 heterocycles. The van der Waals surface area contributed by atoms with Crippen LogP contribution in [0.5, 0.6) is 5.75 Å². The topological polar surface area (TPSA) is 45.9 Å². The monoisotopic (exact) mass is 306 g/mol.